The van der Waals surface area contributed by atoms with Gasteiger partial charge in [0, 0.05) is 12.0 Å². The first kappa shape index (κ1) is 21.9. The van der Waals surface area contributed by atoms with Crippen molar-refractivity contribution < 1.29 is 33.8 Å². The molecule has 4 amide bonds. The number of rotatable bonds is 5. The number of ether oxygens (including phenoxy) is 1. The Morgan fingerprint density at radius 2 is 1.86 bits per heavy atom. The molecule has 35 heavy (non-hydrogen) atoms. The highest BCUT2D eigenvalue weighted by molar-refractivity contribution is 6.23. The van der Waals surface area contributed by atoms with E-state index < -0.39 is 35.6 Å². The number of carboxylic acids is 1. The molecule has 1 unspecified atom stereocenters. The highest BCUT2D eigenvalue weighted by Gasteiger charge is 2.44. The predicted molar refractivity (Wildman–Crippen MR) is 117 cm³/mol. The van der Waals surface area contributed by atoms with Crippen molar-refractivity contribution in [3.63, 3.8) is 0 Å². The molecule has 2 N–H and O–H groups in total. The topological polar surface area (TPSA) is 161 Å². The van der Waals surface area contributed by atoms with Crippen LogP contribution in [0.2, 0.25) is 0 Å². The van der Waals surface area contributed by atoms with Crippen LogP contribution in [0.1, 0.15) is 43.9 Å². The third-order valence-corrected chi connectivity index (χ3v) is 5.90. The van der Waals surface area contributed by atoms with Gasteiger partial charge in [0.1, 0.15) is 23.2 Å². The van der Waals surface area contributed by atoms with E-state index in [0.29, 0.717) is 16.9 Å². The van der Waals surface area contributed by atoms with Crippen LogP contribution in [0.5, 0.6) is 5.75 Å². The molecule has 0 bridgehead atoms. The van der Waals surface area contributed by atoms with Crippen LogP contribution in [0.3, 0.4) is 0 Å². The van der Waals surface area contributed by atoms with Crippen LogP contribution in [-0.2, 0) is 9.59 Å². The van der Waals surface area contributed by atoms with Crippen LogP contribution in [0.25, 0.3) is 16.9 Å². The van der Waals surface area contributed by atoms with E-state index in [4.69, 9.17) is 4.74 Å². The van der Waals surface area contributed by atoms with Crippen molar-refractivity contribution in [2.75, 3.05) is 7.11 Å². The Kier molecular flexibility index (Phi) is 5.12. The molecule has 2 aliphatic rings. The number of aromatic nitrogens is 3. The molecule has 3 aromatic rings. The summed E-state index contributed by atoms with van der Waals surface area (Å²) >= 11 is 0. The average molecular weight is 475 g/mol. The Morgan fingerprint density at radius 3 is 2.57 bits per heavy atom. The molecule has 5 rings (SSSR count). The minimum absolute atomic E-state index is 0.0368. The van der Waals surface area contributed by atoms with Crippen LogP contribution < -0.4 is 10.1 Å². The number of carbonyl (C=O) groups is 5. The molecule has 12 nitrogen and oxygen atoms in total. The fourth-order valence-corrected chi connectivity index (χ4v) is 4.14. The normalized spacial score (nSPS) is 17.4. The van der Waals surface area contributed by atoms with Crippen molar-refractivity contribution in [1.29, 1.82) is 0 Å². The summed E-state index contributed by atoms with van der Waals surface area (Å²) in [6.45, 7) is 0. The molecule has 1 fully saturated rings. The Bertz CT molecular complexity index is 1440. The van der Waals surface area contributed by atoms with E-state index >= 15 is 0 Å². The lowest BCUT2D eigenvalue weighted by atomic mass is 10.0. The highest BCUT2D eigenvalue weighted by atomic mass is 16.5. The maximum atomic E-state index is 13.0. The summed E-state index contributed by atoms with van der Waals surface area (Å²) in [6, 6.07) is 7.84. The van der Waals surface area contributed by atoms with Crippen molar-refractivity contribution in [3.05, 3.63) is 59.3 Å². The smallest absolute Gasteiger partial charge is 0.335 e. The zero-order valence-corrected chi connectivity index (χ0v) is 18.2. The van der Waals surface area contributed by atoms with Gasteiger partial charge < -0.3 is 9.84 Å². The van der Waals surface area contributed by atoms with Gasteiger partial charge in [0.25, 0.3) is 11.8 Å². The molecule has 0 aliphatic carbocycles. The molecule has 0 radical (unpaired) electrons. The average Bonchev–Trinajstić information content (AvgIpc) is 3.42. The number of nitrogens with zero attached hydrogens (tertiary/aromatic N) is 4. The molecule has 0 spiro atoms. The number of hydrogen-bond acceptors (Lipinski definition) is 8. The summed E-state index contributed by atoms with van der Waals surface area (Å²) in [4.78, 5) is 61.7. The fourth-order valence-electron chi connectivity index (χ4n) is 4.14. The van der Waals surface area contributed by atoms with Gasteiger partial charge in [0.2, 0.25) is 11.8 Å². The molecule has 1 saturated heterocycles. The Morgan fingerprint density at radius 1 is 1.09 bits per heavy atom. The maximum absolute atomic E-state index is 13.0. The van der Waals surface area contributed by atoms with Crippen LogP contribution in [0, 0.1) is 0 Å². The molecule has 3 heterocycles. The second kappa shape index (κ2) is 8.17. The number of piperidine rings is 1. The Balaban J connectivity index is 1.45. The van der Waals surface area contributed by atoms with Crippen molar-refractivity contribution in [2.45, 2.75) is 18.9 Å². The largest absolute Gasteiger partial charge is 0.494 e. The fraction of sp³-hybridized carbons (Fsp3) is 0.174. The van der Waals surface area contributed by atoms with Gasteiger partial charge in [-0.2, -0.15) is 0 Å². The third-order valence-electron chi connectivity index (χ3n) is 5.90. The summed E-state index contributed by atoms with van der Waals surface area (Å²) < 4.78 is 6.68. The van der Waals surface area contributed by atoms with Crippen molar-refractivity contribution in [3.8, 4) is 22.7 Å². The lowest BCUT2D eigenvalue weighted by Gasteiger charge is -2.27. The number of carboxylic acid groups (broad SMARTS) is 1. The van der Waals surface area contributed by atoms with E-state index in [1.165, 1.54) is 42.1 Å². The molecule has 2 aromatic carbocycles. The van der Waals surface area contributed by atoms with Gasteiger partial charge in [-0.25, -0.2) is 9.48 Å². The first-order valence-corrected chi connectivity index (χ1v) is 10.5. The van der Waals surface area contributed by atoms with Gasteiger partial charge in [-0.15, -0.1) is 5.10 Å². The molecule has 12 heteroatoms. The van der Waals surface area contributed by atoms with Crippen molar-refractivity contribution in [2.24, 2.45) is 0 Å². The number of benzene rings is 2. The molecule has 1 atom stereocenters. The van der Waals surface area contributed by atoms with Gasteiger partial charge >= 0.3 is 5.97 Å². The predicted octanol–water partition coefficient (Wildman–Crippen LogP) is 1.04. The lowest BCUT2D eigenvalue weighted by molar-refractivity contribution is -0.136. The standard InChI is InChI=1S/C23H17N5O7/c1-35-18-9-12(23(33)34)3-5-16(18)27-10-15(25-26-27)11-2-4-13-14(8-11)22(32)28(21(13)31)17-6-7-19(29)24-20(17)30/h2-5,8-10,17H,6-7H2,1H3,(H,33,34)(H,24,29,30). The van der Waals surface area contributed by atoms with Crippen LogP contribution in [0.15, 0.2) is 42.6 Å². The zero-order chi connectivity index (χ0) is 24.9. The molecule has 0 saturated carbocycles. The minimum atomic E-state index is -1.10. The van der Waals surface area contributed by atoms with E-state index in [9.17, 15) is 29.1 Å². The van der Waals surface area contributed by atoms with Crippen molar-refractivity contribution in [1.82, 2.24) is 25.2 Å². The summed E-state index contributed by atoms with van der Waals surface area (Å²) in [7, 11) is 1.40. The number of aromatic carboxylic acids is 1. The first-order valence-electron chi connectivity index (χ1n) is 10.5. The first-order chi connectivity index (χ1) is 16.8. The quantitative estimate of drug-likeness (QED) is 0.514. The van der Waals surface area contributed by atoms with E-state index in [2.05, 4.69) is 15.6 Å². The van der Waals surface area contributed by atoms with Gasteiger partial charge in [-0.1, -0.05) is 11.3 Å². The van der Waals surface area contributed by atoms with Gasteiger partial charge in [-0.3, -0.25) is 29.4 Å². The number of carbonyl (C=O) groups excluding carboxylic acids is 4. The second-order valence-corrected chi connectivity index (χ2v) is 7.95. The summed E-state index contributed by atoms with van der Waals surface area (Å²) in [5.74, 6) is -3.17. The monoisotopic (exact) mass is 475 g/mol. The van der Waals surface area contributed by atoms with E-state index in [0.717, 1.165) is 4.90 Å². The third kappa shape index (κ3) is 3.60. The van der Waals surface area contributed by atoms with E-state index in [1.54, 1.807) is 12.3 Å². The van der Waals surface area contributed by atoms with Gasteiger partial charge in [0.15, 0.2) is 0 Å². The van der Waals surface area contributed by atoms with E-state index in [-0.39, 0.29) is 35.3 Å². The molecule has 176 valence electrons. The van der Waals surface area contributed by atoms with Crippen LogP contribution >= 0.6 is 0 Å². The molecule has 2 aliphatic heterocycles. The number of nitrogens with one attached hydrogen (secondary N) is 1. The number of methoxy groups -OCH3 is 1. The Labute approximate surface area is 197 Å². The number of amides is 4. The number of imide groups is 2. The lowest BCUT2D eigenvalue weighted by Crippen LogP contribution is -2.54. The van der Waals surface area contributed by atoms with Gasteiger partial charge in [0.05, 0.1) is 30.0 Å². The summed E-state index contributed by atoms with van der Waals surface area (Å²) in [5.41, 5.74) is 1.66. The number of hydrogen-bond donors (Lipinski definition) is 2. The van der Waals surface area contributed by atoms with E-state index in [1.807, 2.05) is 0 Å². The maximum Gasteiger partial charge on any atom is 0.335 e. The highest BCUT2D eigenvalue weighted by Crippen LogP contribution is 2.31. The summed E-state index contributed by atoms with van der Waals surface area (Å²) in [6.07, 6.45) is 1.67. The Hall–Kier alpha value is -4.87. The zero-order valence-electron chi connectivity index (χ0n) is 18.2. The molecular weight excluding hydrogens is 458 g/mol. The second-order valence-electron chi connectivity index (χ2n) is 7.95. The van der Waals surface area contributed by atoms with Gasteiger partial charge in [-0.05, 0) is 36.8 Å². The molecule has 1 aromatic heterocycles. The SMILES string of the molecule is COc1cc(C(=O)O)ccc1-n1cc(-c2ccc3c(c2)C(=O)N(C2CCC(=O)NC2=O)C3=O)nn1. The van der Waals surface area contributed by atoms with Crippen molar-refractivity contribution >= 4 is 29.6 Å². The molecular formula is C23H17N5O7. The number of fused-ring (bicyclic) bond motifs is 1. The van der Waals surface area contributed by atoms with Crippen LogP contribution in [-0.4, -0.2) is 67.7 Å². The summed E-state index contributed by atoms with van der Waals surface area (Å²) in [5, 5.41) is 19.5. The van der Waals surface area contributed by atoms with Crippen LogP contribution in [0.4, 0.5) is 0 Å². The minimum Gasteiger partial charge on any atom is -0.494 e.